The van der Waals surface area contributed by atoms with Crippen LogP contribution >= 0.6 is 0 Å². The number of carbonyl (C=O) groups is 3. The summed E-state index contributed by atoms with van der Waals surface area (Å²) < 4.78 is 15.1. The summed E-state index contributed by atoms with van der Waals surface area (Å²) in [6.45, 7) is 7.60. The number of aliphatic hydroxyl groups is 1. The number of Topliss-reactive ketones (excluding diaryl/α,β-unsaturated/α-hetero) is 1. The summed E-state index contributed by atoms with van der Waals surface area (Å²) in [6, 6.07) is 2.24. The van der Waals surface area contributed by atoms with Crippen molar-refractivity contribution in [3.63, 3.8) is 0 Å². The van der Waals surface area contributed by atoms with Crippen LogP contribution in [0.15, 0.2) is 23.4 Å². The number of hydrogen-bond donors (Lipinski definition) is 2. The van der Waals surface area contributed by atoms with Crippen LogP contribution in [-0.4, -0.2) is 75.6 Å². The summed E-state index contributed by atoms with van der Waals surface area (Å²) in [5, 5.41) is 31.8. The van der Waals surface area contributed by atoms with Crippen molar-refractivity contribution in [2.45, 2.75) is 58.6 Å². The molecule has 1 aromatic carbocycles. The van der Waals surface area contributed by atoms with Gasteiger partial charge < -0.3 is 29.5 Å². The largest absolute Gasteiger partial charge is 0.543 e. The number of likely N-dealkylation sites (tertiary alicyclic amines) is 1. The summed E-state index contributed by atoms with van der Waals surface area (Å²) in [4.78, 5) is 38.6. The number of carboxylic acid groups (broad SMARTS) is 1. The average molecular weight is 489 g/mol. The minimum absolute atomic E-state index is 0.0355. The Morgan fingerprint density at radius 1 is 1.29 bits per heavy atom. The second-order valence-corrected chi connectivity index (χ2v) is 10.4. The third-order valence-corrected chi connectivity index (χ3v) is 8.22. The van der Waals surface area contributed by atoms with Gasteiger partial charge in [-0.3, -0.25) is 9.59 Å². The van der Waals surface area contributed by atoms with Gasteiger partial charge in [0.15, 0.2) is 5.78 Å². The Hall–Kier alpha value is -2.78. The first-order valence-electron chi connectivity index (χ1n) is 12.3. The van der Waals surface area contributed by atoms with Crippen molar-refractivity contribution in [2.24, 2.45) is 11.8 Å². The predicted octanol–water partition coefficient (Wildman–Crippen LogP) is 1.27. The molecule has 190 valence electrons. The van der Waals surface area contributed by atoms with Gasteiger partial charge in [0.2, 0.25) is 5.91 Å². The van der Waals surface area contributed by atoms with Gasteiger partial charge in [-0.1, -0.05) is 6.92 Å². The molecule has 8 nitrogen and oxygen atoms in total. The molecule has 0 aliphatic carbocycles. The lowest BCUT2D eigenvalue weighted by molar-refractivity contribution is -0.912. The zero-order chi connectivity index (χ0) is 25.7. The molecule has 0 spiro atoms. The predicted molar refractivity (Wildman–Crippen MR) is 122 cm³/mol. The molecule has 0 unspecified atom stereocenters. The molecule has 4 atom stereocenters. The molecule has 1 aromatic rings. The number of phenolic OH excluding ortho intramolecular Hbond substituents is 1. The molecule has 0 bridgehead atoms. The molecule has 35 heavy (non-hydrogen) atoms. The van der Waals surface area contributed by atoms with Gasteiger partial charge in [0.05, 0.1) is 54.9 Å². The monoisotopic (exact) mass is 488 g/mol. The second-order valence-electron chi connectivity index (χ2n) is 10.4. The zero-order valence-corrected chi connectivity index (χ0v) is 20.4. The molecule has 0 saturated carbocycles. The van der Waals surface area contributed by atoms with E-state index in [9.17, 15) is 34.1 Å². The van der Waals surface area contributed by atoms with Crippen LogP contribution in [0.3, 0.4) is 0 Å². The normalized spacial score (nSPS) is 26.0. The second kappa shape index (κ2) is 9.35. The minimum atomic E-state index is -1.38. The van der Waals surface area contributed by atoms with E-state index in [0.29, 0.717) is 29.6 Å². The van der Waals surface area contributed by atoms with Crippen molar-refractivity contribution < 1.29 is 38.6 Å². The van der Waals surface area contributed by atoms with Crippen LogP contribution in [0.2, 0.25) is 0 Å². The van der Waals surface area contributed by atoms with Gasteiger partial charge in [-0.15, -0.1) is 0 Å². The molecular formula is C26H33FN2O6. The standard InChI is InChI=1S/C26H33FN2O6/c1-14-18(24(26(34)35)28-23(14)21(16(3)30)25(28)33)13-29(10-4-5-11-29)12-6-7-20(32)17-8-9-19(31)15(2)22(17)27/h8-9,14,16,21,23,30H,4-7,10-13H2,1-3H3,(H-,31,32,34,35)/t14-,16+,21+,23+/m0/s1. The third-order valence-electron chi connectivity index (χ3n) is 8.22. The number of halogens is 1. The minimum Gasteiger partial charge on any atom is -0.543 e. The fourth-order valence-electron chi connectivity index (χ4n) is 6.27. The van der Waals surface area contributed by atoms with Gasteiger partial charge in [-0.25, -0.2) is 4.39 Å². The molecule has 3 aliphatic rings. The first-order chi connectivity index (χ1) is 16.5. The number of fused-ring (bicyclic) bond motifs is 1. The van der Waals surface area contributed by atoms with Gasteiger partial charge in [-0.05, 0) is 26.0 Å². The zero-order valence-electron chi connectivity index (χ0n) is 20.4. The van der Waals surface area contributed by atoms with Crippen molar-refractivity contribution in [1.82, 2.24) is 4.90 Å². The van der Waals surface area contributed by atoms with Crippen molar-refractivity contribution in [2.75, 3.05) is 26.2 Å². The van der Waals surface area contributed by atoms with E-state index in [4.69, 9.17) is 0 Å². The molecule has 0 aromatic heterocycles. The van der Waals surface area contributed by atoms with E-state index in [1.807, 2.05) is 6.92 Å². The van der Waals surface area contributed by atoms with Crippen LogP contribution in [0, 0.1) is 24.6 Å². The SMILES string of the molecule is Cc1c(O)ccc(C(=O)CCC[N+]2(CC3=C(C(=O)[O-])N4C(=O)[C@H]([C@@H](C)O)[C@H]4[C@H]3C)CCCC2)c1F. The third kappa shape index (κ3) is 4.25. The lowest BCUT2D eigenvalue weighted by Gasteiger charge is -2.47. The summed E-state index contributed by atoms with van der Waals surface area (Å²) in [6.07, 6.45) is 1.73. The van der Waals surface area contributed by atoms with E-state index < -0.39 is 23.8 Å². The number of carbonyl (C=O) groups excluding carboxylic acids is 3. The van der Waals surface area contributed by atoms with Crippen LogP contribution in [-0.2, 0) is 9.59 Å². The number of nitrogens with zero attached hydrogens (tertiary/aromatic N) is 2. The molecule has 9 heteroatoms. The van der Waals surface area contributed by atoms with Gasteiger partial charge >= 0.3 is 0 Å². The van der Waals surface area contributed by atoms with Crippen LogP contribution in [0.5, 0.6) is 5.75 Å². The van der Waals surface area contributed by atoms with Gasteiger partial charge in [0, 0.05) is 42.7 Å². The first kappa shape index (κ1) is 25.3. The number of aliphatic hydroxyl groups excluding tert-OH is 1. The highest BCUT2D eigenvalue weighted by atomic mass is 19.1. The molecule has 1 amide bonds. The number of phenols is 1. The number of ketones is 1. The van der Waals surface area contributed by atoms with Crippen molar-refractivity contribution >= 4 is 17.7 Å². The van der Waals surface area contributed by atoms with E-state index in [-0.39, 0.29) is 52.6 Å². The number of rotatable bonds is 9. The number of aromatic hydroxyl groups is 1. The molecule has 2 N–H and O–H groups in total. The molecule has 2 fully saturated rings. The van der Waals surface area contributed by atoms with Crippen molar-refractivity contribution in [3.05, 3.63) is 40.3 Å². The number of quaternary nitrogens is 1. The Morgan fingerprint density at radius 2 is 1.94 bits per heavy atom. The van der Waals surface area contributed by atoms with E-state index in [1.54, 1.807) is 6.92 Å². The van der Waals surface area contributed by atoms with E-state index in [0.717, 1.165) is 25.9 Å². The number of β-lactam (4-membered cyclic amide) rings is 1. The molecule has 0 radical (unpaired) electrons. The fraction of sp³-hybridized carbons (Fsp3) is 0.577. The highest BCUT2D eigenvalue weighted by molar-refractivity contribution is 5.99. The molecule has 2 saturated heterocycles. The van der Waals surface area contributed by atoms with Crippen LogP contribution in [0.4, 0.5) is 4.39 Å². The van der Waals surface area contributed by atoms with Crippen LogP contribution < -0.4 is 5.11 Å². The topological polar surface area (TPSA) is 118 Å². The summed E-state index contributed by atoms with van der Waals surface area (Å²) in [7, 11) is 0. The number of aliphatic carboxylic acids is 1. The van der Waals surface area contributed by atoms with Crippen molar-refractivity contribution in [3.8, 4) is 5.75 Å². The molecule has 3 aliphatic heterocycles. The summed E-state index contributed by atoms with van der Waals surface area (Å²) in [5.74, 6) is -3.82. The van der Waals surface area contributed by atoms with Crippen LogP contribution in [0.1, 0.15) is 55.5 Å². The number of carboxylic acids is 1. The maximum absolute atomic E-state index is 14.4. The Morgan fingerprint density at radius 3 is 2.54 bits per heavy atom. The number of amides is 1. The van der Waals surface area contributed by atoms with Gasteiger partial charge in [-0.2, -0.15) is 0 Å². The Labute approximate surface area is 204 Å². The van der Waals surface area contributed by atoms with Crippen molar-refractivity contribution in [1.29, 1.82) is 0 Å². The Balaban J connectivity index is 1.50. The fourth-order valence-corrected chi connectivity index (χ4v) is 6.27. The molecule has 3 heterocycles. The number of hydrogen-bond acceptors (Lipinski definition) is 6. The Kier molecular flexibility index (Phi) is 6.76. The lowest BCUT2D eigenvalue weighted by Crippen LogP contribution is -2.64. The highest BCUT2D eigenvalue weighted by Gasteiger charge is 2.59. The van der Waals surface area contributed by atoms with E-state index in [1.165, 1.54) is 24.0 Å². The van der Waals surface area contributed by atoms with E-state index >= 15 is 0 Å². The quantitative estimate of drug-likeness (QED) is 0.307. The smallest absolute Gasteiger partial charge is 0.235 e. The summed E-state index contributed by atoms with van der Waals surface area (Å²) >= 11 is 0. The number of benzene rings is 1. The maximum Gasteiger partial charge on any atom is 0.235 e. The van der Waals surface area contributed by atoms with Gasteiger partial charge in [0.25, 0.3) is 0 Å². The van der Waals surface area contributed by atoms with Gasteiger partial charge in [0.1, 0.15) is 18.1 Å². The molecular weight excluding hydrogens is 455 g/mol. The van der Waals surface area contributed by atoms with E-state index in [2.05, 4.69) is 0 Å². The lowest BCUT2D eigenvalue weighted by atomic mass is 9.77. The Bertz CT molecular complexity index is 1090. The maximum atomic E-state index is 14.4. The highest BCUT2D eigenvalue weighted by Crippen LogP contribution is 2.47. The first-order valence-corrected chi connectivity index (χ1v) is 12.3. The van der Waals surface area contributed by atoms with Crippen LogP contribution in [0.25, 0.3) is 0 Å². The molecule has 4 rings (SSSR count). The average Bonchev–Trinajstić information content (AvgIpc) is 3.34. The summed E-state index contributed by atoms with van der Waals surface area (Å²) in [5.41, 5.74) is 0.615.